The van der Waals surface area contributed by atoms with E-state index in [2.05, 4.69) is 5.92 Å². The molecule has 32 heavy (non-hydrogen) atoms. The lowest BCUT2D eigenvalue weighted by Crippen LogP contribution is -2.29. The normalized spacial score (nSPS) is 13.1. The number of ether oxygens (including phenoxy) is 1. The molecule has 9 heteroatoms. The molecular weight excluding hydrogens is 432 g/mol. The molecule has 2 rings (SSSR count). The Hall–Kier alpha value is -3.82. The fraction of sp³-hybridized carbons (Fsp3) is 0.261. The van der Waals surface area contributed by atoms with Gasteiger partial charge in [0.15, 0.2) is 0 Å². The van der Waals surface area contributed by atoms with Crippen LogP contribution < -0.4 is 4.74 Å². The third-order valence-electron chi connectivity index (χ3n) is 4.59. The van der Waals surface area contributed by atoms with E-state index in [4.69, 9.17) is 11.2 Å². The van der Waals surface area contributed by atoms with Crippen molar-refractivity contribution >= 4 is 28.5 Å². The minimum Gasteiger partial charge on any atom is -0.481 e. The molecule has 2 atom stereocenters. The summed E-state index contributed by atoms with van der Waals surface area (Å²) in [4.78, 5) is 35.3. The summed E-state index contributed by atoms with van der Waals surface area (Å²) in [6.45, 7) is 1.43. The highest BCUT2D eigenvalue weighted by atomic mass is 32.2. The molecule has 0 heterocycles. The zero-order valence-electron chi connectivity index (χ0n) is 17.2. The molecule has 2 aromatic carbocycles. The van der Waals surface area contributed by atoms with Gasteiger partial charge < -0.3 is 9.84 Å². The van der Waals surface area contributed by atoms with Crippen LogP contribution in [0.4, 0.5) is 5.69 Å². The number of nitro groups is 1. The molecule has 0 aliphatic heterocycles. The summed E-state index contributed by atoms with van der Waals surface area (Å²) < 4.78 is 3.93. The van der Waals surface area contributed by atoms with Crippen LogP contribution in [0.1, 0.15) is 29.3 Å². The highest BCUT2D eigenvalue weighted by Gasteiger charge is 2.36. The molecule has 0 aliphatic rings. The number of hydrogen-bond donors (Lipinski definition) is 1. The van der Waals surface area contributed by atoms with E-state index in [0.717, 1.165) is 11.8 Å². The van der Waals surface area contributed by atoms with Crippen LogP contribution in [0, 0.1) is 39.7 Å². The maximum absolute atomic E-state index is 12.6. The summed E-state index contributed by atoms with van der Waals surface area (Å²) in [7, 11) is 0. The van der Waals surface area contributed by atoms with Crippen LogP contribution in [0.5, 0.6) is 5.75 Å². The second-order valence-electron chi connectivity index (χ2n) is 7.08. The zero-order chi connectivity index (χ0) is 23.7. The van der Waals surface area contributed by atoms with E-state index in [9.17, 15) is 30.1 Å². The molecule has 0 spiro atoms. The Kier molecular flexibility index (Phi) is 8.39. The Balaban J connectivity index is 2.29. The van der Waals surface area contributed by atoms with Gasteiger partial charge in [0.25, 0.3) is 5.69 Å². The van der Waals surface area contributed by atoms with Crippen molar-refractivity contribution in [3.8, 4) is 24.2 Å². The second kappa shape index (κ2) is 11.0. The summed E-state index contributed by atoms with van der Waals surface area (Å²) in [5.41, 5.74) is 0.257. The summed E-state index contributed by atoms with van der Waals surface area (Å²) in [5.74, 6) is 0.161. The Labute approximate surface area is 189 Å². The number of thioether (sulfide) groups is 1. The molecule has 0 radical (unpaired) electrons. The van der Waals surface area contributed by atoms with Crippen LogP contribution in [0.15, 0.2) is 48.5 Å². The Morgan fingerprint density at radius 1 is 1.31 bits per heavy atom. The van der Waals surface area contributed by atoms with Crippen molar-refractivity contribution in [2.24, 2.45) is 5.92 Å². The number of hydrogen-bond acceptors (Lipinski definition) is 7. The second-order valence-corrected chi connectivity index (χ2v) is 8.56. The van der Waals surface area contributed by atoms with E-state index >= 15 is 0 Å². The highest BCUT2D eigenvalue weighted by molar-refractivity contribution is 8.15. The third-order valence-corrected chi connectivity index (χ3v) is 5.71. The summed E-state index contributed by atoms with van der Waals surface area (Å²) in [5, 5.41) is 30.5. The quantitative estimate of drug-likeness (QED) is 0.324. The highest BCUT2D eigenvalue weighted by Crippen LogP contribution is 2.36. The molecule has 0 bridgehead atoms. The number of carboxylic acid groups (broad SMARTS) is 1. The van der Waals surface area contributed by atoms with Gasteiger partial charge >= 0.3 is 5.97 Å². The molecule has 0 fully saturated rings. The first-order chi connectivity index (χ1) is 15.2. The van der Waals surface area contributed by atoms with Gasteiger partial charge in [-0.05, 0) is 31.9 Å². The van der Waals surface area contributed by atoms with Crippen molar-refractivity contribution in [1.82, 2.24) is 0 Å². The van der Waals surface area contributed by atoms with Crippen LogP contribution in [-0.4, -0.2) is 32.5 Å². The molecule has 8 nitrogen and oxygen atoms in total. The number of rotatable bonds is 10. The predicted molar refractivity (Wildman–Crippen MR) is 119 cm³/mol. The van der Waals surface area contributed by atoms with Gasteiger partial charge in [-0.2, -0.15) is 5.26 Å². The average molecular weight is 452 g/mol. The van der Waals surface area contributed by atoms with Crippen molar-refractivity contribution < 1.29 is 24.4 Å². The fourth-order valence-electron chi connectivity index (χ4n) is 3.05. The Bertz CT molecular complexity index is 1090. The standard InChI is InChI=1S/C23H20N2O6S/c1-3-11-31-19-9-10-20(25(29)30)17(13-19)12-18(21(26)27)14-23(2,15-24)32-22(28)16-7-5-4-6-8-16/h1,4-10,13,18H,11-12,14H2,2H3,(H,26,27). The topological polar surface area (TPSA) is 131 Å². The molecular formula is C23H20N2O6S. The lowest BCUT2D eigenvalue weighted by molar-refractivity contribution is -0.385. The van der Waals surface area contributed by atoms with E-state index in [0.29, 0.717) is 5.56 Å². The Morgan fingerprint density at radius 2 is 2.00 bits per heavy atom. The number of carboxylic acids is 1. The van der Waals surface area contributed by atoms with Gasteiger partial charge in [0.1, 0.15) is 17.1 Å². The van der Waals surface area contributed by atoms with Crippen molar-refractivity contribution in [2.45, 2.75) is 24.5 Å². The first-order valence-corrected chi connectivity index (χ1v) is 10.3. The molecule has 0 saturated heterocycles. The van der Waals surface area contributed by atoms with Gasteiger partial charge in [-0.1, -0.05) is 48.0 Å². The maximum Gasteiger partial charge on any atom is 0.306 e. The molecule has 0 saturated carbocycles. The summed E-state index contributed by atoms with van der Waals surface area (Å²) in [6, 6.07) is 14.3. The van der Waals surface area contributed by atoms with Gasteiger partial charge in [0, 0.05) is 17.2 Å². The van der Waals surface area contributed by atoms with Crippen molar-refractivity contribution in [2.75, 3.05) is 6.61 Å². The number of nitro benzene ring substituents is 1. The number of carbonyl (C=O) groups excluding carboxylic acids is 1. The number of carbonyl (C=O) groups is 2. The first kappa shape index (κ1) is 24.4. The van der Waals surface area contributed by atoms with Gasteiger partial charge in [0.2, 0.25) is 5.12 Å². The van der Waals surface area contributed by atoms with Crippen molar-refractivity contribution in [1.29, 1.82) is 5.26 Å². The number of aliphatic carboxylic acids is 1. The third kappa shape index (κ3) is 6.59. The van der Waals surface area contributed by atoms with Gasteiger partial charge in [0.05, 0.1) is 16.9 Å². The smallest absolute Gasteiger partial charge is 0.306 e. The van der Waals surface area contributed by atoms with Crippen LogP contribution in [0.25, 0.3) is 0 Å². The van der Waals surface area contributed by atoms with E-state index in [1.54, 1.807) is 30.3 Å². The van der Waals surface area contributed by atoms with E-state index in [1.807, 2.05) is 6.07 Å². The molecule has 0 aliphatic carbocycles. The molecule has 0 amide bonds. The van der Waals surface area contributed by atoms with E-state index in [1.165, 1.54) is 25.1 Å². The largest absolute Gasteiger partial charge is 0.481 e. The molecule has 164 valence electrons. The zero-order valence-corrected chi connectivity index (χ0v) is 18.0. The Morgan fingerprint density at radius 3 is 2.56 bits per heavy atom. The van der Waals surface area contributed by atoms with Gasteiger partial charge in [-0.25, -0.2) is 0 Å². The van der Waals surface area contributed by atoms with Crippen LogP contribution in [0.3, 0.4) is 0 Å². The van der Waals surface area contributed by atoms with Crippen LogP contribution >= 0.6 is 11.8 Å². The number of nitriles is 1. The monoisotopic (exact) mass is 452 g/mol. The SMILES string of the molecule is C#CCOc1ccc([N+](=O)[O-])c(CC(CC(C)(C#N)SC(=O)c2ccccc2)C(=O)O)c1. The first-order valence-electron chi connectivity index (χ1n) is 9.45. The molecule has 2 aromatic rings. The summed E-state index contributed by atoms with van der Waals surface area (Å²) in [6.07, 6.45) is 4.73. The fourth-order valence-corrected chi connectivity index (χ4v) is 4.04. The minimum atomic E-state index is -1.36. The summed E-state index contributed by atoms with van der Waals surface area (Å²) >= 11 is 0.737. The van der Waals surface area contributed by atoms with Crippen LogP contribution in [0.2, 0.25) is 0 Å². The maximum atomic E-state index is 12.6. The molecule has 0 aromatic heterocycles. The lowest BCUT2D eigenvalue weighted by Gasteiger charge is -2.24. The predicted octanol–water partition coefficient (Wildman–Crippen LogP) is 4.10. The number of benzene rings is 2. The van der Waals surface area contributed by atoms with Crippen molar-refractivity contribution in [3.63, 3.8) is 0 Å². The number of nitrogens with zero attached hydrogens (tertiary/aromatic N) is 2. The van der Waals surface area contributed by atoms with Gasteiger partial charge in [-0.3, -0.25) is 19.7 Å². The lowest BCUT2D eigenvalue weighted by atomic mass is 9.89. The van der Waals surface area contributed by atoms with E-state index in [-0.39, 0.29) is 41.6 Å². The van der Waals surface area contributed by atoms with E-state index < -0.39 is 21.6 Å². The average Bonchev–Trinajstić information content (AvgIpc) is 2.77. The van der Waals surface area contributed by atoms with Gasteiger partial charge in [-0.15, -0.1) is 6.42 Å². The molecule has 1 N–H and O–H groups in total. The minimum absolute atomic E-state index is 0.0512. The molecule has 2 unspecified atom stereocenters. The van der Waals surface area contributed by atoms with Crippen LogP contribution in [-0.2, 0) is 11.2 Å². The van der Waals surface area contributed by atoms with Crippen molar-refractivity contribution in [3.05, 3.63) is 69.8 Å². The number of terminal acetylenes is 1.